The lowest BCUT2D eigenvalue weighted by molar-refractivity contribution is 0.0891. The van der Waals surface area contributed by atoms with Crippen LogP contribution in [-0.2, 0) is 4.74 Å². The molecule has 1 saturated heterocycles. The maximum atomic E-state index is 6.24. The maximum absolute atomic E-state index is 6.24. The van der Waals surface area contributed by atoms with E-state index in [4.69, 9.17) is 21.3 Å². The molecular formula is C14H22ClN3O. The van der Waals surface area contributed by atoms with Gasteiger partial charge in [-0.25, -0.2) is 9.97 Å². The van der Waals surface area contributed by atoms with Gasteiger partial charge in [0.1, 0.15) is 16.8 Å². The van der Waals surface area contributed by atoms with E-state index in [0.717, 1.165) is 43.1 Å². The number of ether oxygens (including phenoxy) is 1. The molecule has 0 bridgehead atoms. The van der Waals surface area contributed by atoms with E-state index in [1.54, 1.807) is 7.11 Å². The Morgan fingerprint density at radius 3 is 2.74 bits per heavy atom. The number of hydrogen-bond donors (Lipinski definition) is 0. The fourth-order valence-corrected chi connectivity index (χ4v) is 2.55. The van der Waals surface area contributed by atoms with Crippen LogP contribution in [0.25, 0.3) is 0 Å². The number of methoxy groups -OCH3 is 1. The van der Waals surface area contributed by atoms with E-state index in [0.29, 0.717) is 5.15 Å². The van der Waals surface area contributed by atoms with Gasteiger partial charge in [-0.05, 0) is 19.8 Å². The zero-order chi connectivity index (χ0) is 14.0. The molecule has 5 heteroatoms. The van der Waals surface area contributed by atoms with Crippen molar-refractivity contribution in [1.29, 1.82) is 0 Å². The summed E-state index contributed by atoms with van der Waals surface area (Å²) in [5.41, 5.74) is 0.961. The Balaban J connectivity index is 2.32. The lowest BCUT2D eigenvalue weighted by Crippen LogP contribution is -2.40. The van der Waals surface area contributed by atoms with E-state index >= 15 is 0 Å². The van der Waals surface area contributed by atoms with Crippen molar-refractivity contribution in [2.75, 3.05) is 25.1 Å². The molecule has 1 fully saturated rings. The first-order chi connectivity index (χ1) is 9.02. The summed E-state index contributed by atoms with van der Waals surface area (Å²) in [5, 5.41) is 0.563. The molecule has 1 unspecified atom stereocenters. The van der Waals surface area contributed by atoms with Crippen LogP contribution < -0.4 is 4.90 Å². The molecule has 106 valence electrons. The molecule has 0 aromatic carbocycles. The summed E-state index contributed by atoms with van der Waals surface area (Å²) in [6, 6.07) is 0. The molecule has 0 amide bonds. The monoisotopic (exact) mass is 283 g/mol. The van der Waals surface area contributed by atoms with Crippen LogP contribution in [0.1, 0.15) is 44.0 Å². The van der Waals surface area contributed by atoms with Gasteiger partial charge in [0.15, 0.2) is 0 Å². The zero-order valence-corrected chi connectivity index (χ0v) is 12.9. The van der Waals surface area contributed by atoms with Gasteiger partial charge in [0.05, 0.1) is 6.10 Å². The van der Waals surface area contributed by atoms with Crippen molar-refractivity contribution in [1.82, 2.24) is 9.97 Å². The molecule has 4 nitrogen and oxygen atoms in total. The first kappa shape index (κ1) is 14.5. The predicted molar refractivity (Wildman–Crippen MR) is 78.1 cm³/mol. The first-order valence-corrected chi connectivity index (χ1v) is 7.22. The molecule has 0 radical (unpaired) electrons. The molecule has 0 aliphatic carbocycles. The van der Waals surface area contributed by atoms with Gasteiger partial charge in [-0.2, -0.15) is 0 Å². The predicted octanol–water partition coefficient (Wildman–Crippen LogP) is 3.18. The minimum atomic E-state index is 0.278. The first-order valence-electron chi connectivity index (χ1n) is 6.84. The number of rotatable bonds is 3. The van der Waals surface area contributed by atoms with Crippen molar-refractivity contribution in [2.24, 2.45) is 0 Å². The zero-order valence-electron chi connectivity index (χ0n) is 12.1. The Labute approximate surface area is 120 Å². The van der Waals surface area contributed by atoms with Crippen molar-refractivity contribution < 1.29 is 4.74 Å². The summed E-state index contributed by atoms with van der Waals surface area (Å²) in [7, 11) is 1.77. The third kappa shape index (κ3) is 3.18. The van der Waals surface area contributed by atoms with Crippen LogP contribution in [0.2, 0.25) is 5.15 Å². The highest BCUT2D eigenvalue weighted by molar-refractivity contribution is 6.30. The average molecular weight is 284 g/mol. The van der Waals surface area contributed by atoms with E-state index in [2.05, 4.69) is 23.7 Å². The third-order valence-corrected chi connectivity index (χ3v) is 3.97. The smallest absolute Gasteiger partial charge is 0.137 e. The van der Waals surface area contributed by atoms with Crippen molar-refractivity contribution in [3.05, 3.63) is 16.5 Å². The van der Waals surface area contributed by atoms with E-state index < -0.39 is 0 Å². The number of nitrogens with zero attached hydrogens (tertiary/aromatic N) is 3. The molecule has 2 heterocycles. The van der Waals surface area contributed by atoms with E-state index in [9.17, 15) is 0 Å². The van der Waals surface area contributed by atoms with Crippen LogP contribution in [0.5, 0.6) is 0 Å². The molecule has 19 heavy (non-hydrogen) atoms. The topological polar surface area (TPSA) is 38.2 Å². The normalized spacial score (nSPS) is 20.1. The minimum absolute atomic E-state index is 0.278. The number of halogens is 1. The van der Waals surface area contributed by atoms with Gasteiger partial charge in [0.25, 0.3) is 0 Å². The molecule has 0 saturated carbocycles. The number of anilines is 1. The standard InChI is InChI=1S/C14H22ClN3O/c1-9(2)13-16-12(15)10(3)14(17-13)18-7-5-6-11(8-18)19-4/h9,11H,5-8H2,1-4H3. The highest BCUT2D eigenvalue weighted by Crippen LogP contribution is 2.28. The second kappa shape index (κ2) is 6.06. The van der Waals surface area contributed by atoms with Crippen molar-refractivity contribution in [2.45, 2.75) is 45.6 Å². The van der Waals surface area contributed by atoms with Gasteiger partial charge < -0.3 is 9.64 Å². The van der Waals surface area contributed by atoms with Crippen molar-refractivity contribution >= 4 is 17.4 Å². The SMILES string of the molecule is COC1CCCN(c2nc(C(C)C)nc(Cl)c2C)C1. The second-order valence-corrected chi connectivity index (χ2v) is 5.78. The highest BCUT2D eigenvalue weighted by atomic mass is 35.5. The quantitative estimate of drug-likeness (QED) is 0.799. The fourth-order valence-electron chi connectivity index (χ4n) is 2.38. The molecule has 1 aliphatic heterocycles. The lowest BCUT2D eigenvalue weighted by atomic mass is 10.1. The summed E-state index contributed by atoms with van der Waals surface area (Å²) in [5.74, 6) is 2.05. The lowest BCUT2D eigenvalue weighted by Gasteiger charge is -2.34. The van der Waals surface area contributed by atoms with Gasteiger partial charge in [-0.1, -0.05) is 25.4 Å². The Morgan fingerprint density at radius 1 is 1.37 bits per heavy atom. The fraction of sp³-hybridized carbons (Fsp3) is 0.714. The summed E-state index contributed by atoms with van der Waals surface area (Å²) in [6.45, 7) is 8.03. The van der Waals surface area contributed by atoms with Crippen LogP contribution in [0, 0.1) is 6.92 Å². The molecule has 2 rings (SSSR count). The maximum Gasteiger partial charge on any atom is 0.137 e. The summed E-state index contributed by atoms with van der Waals surface area (Å²) >= 11 is 6.24. The number of piperidine rings is 1. The average Bonchev–Trinajstić information content (AvgIpc) is 2.41. The second-order valence-electron chi connectivity index (χ2n) is 5.42. The Morgan fingerprint density at radius 2 is 2.11 bits per heavy atom. The Bertz CT molecular complexity index is 451. The third-order valence-electron chi connectivity index (χ3n) is 3.61. The van der Waals surface area contributed by atoms with Gasteiger partial charge in [-0.15, -0.1) is 0 Å². The van der Waals surface area contributed by atoms with Crippen LogP contribution >= 0.6 is 11.6 Å². The van der Waals surface area contributed by atoms with Crippen LogP contribution in [-0.4, -0.2) is 36.3 Å². The van der Waals surface area contributed by atoms with Gasteiger partial charge in [-0.3, -0.25) is 0 Å². The summed E-state index contributed by atoms with van der Waals surface area (Å²) in [6.07, 6.45) is 2.52. The van der Waals surface area contributed by atoms with E-state index in [1.165, 1.54) is 0 Å². The summed E-state index contributed by atoms with van der Waals surface area (Å²) in [4.78, 5) is 11.3. The molecule has 1 aliphatic rings. The molecule has 0 spiro atoms. The van der Waals surface area contributed by atoms with Crippen LogP contribution in [0.15, 0.2) is 0 Å². The molecule has 1 atom stereocenters. The minimum Gasteiger partial charge on any atom is -0.380 e. The summed E-state index contributed by atoms with van der Waals surface area (Å²) < 4.78 is 5.47. The van der Waals surface area contributed by atoms with Crippen molar-refractivity contribution in [3.63, 3.8) is 0 Å². The largest absolute Gasteiger partial charge is 0.380 e. The molecule has 1 aromatic heterocycles. The molecule has 1 aromatic rings. The number of hydrogen-bond acceptors (Lipinski definition) is 4. The highest BCUT2D eigenvalue weighted by Gasteiger charge is 2.23. The van der Waals surface area contributed by atoms with Gasteiger partial charge in [0.2, 0.25) is 0 Å². The number of aromatic nitrogens is 2. The van der Waals surface area contributed by atoms with Crippen molar-refractivity contribution in [3.8, 4) is 0 Å². The van der Waals surface area contributed by atoms with Gasteiger partial charge in [0, 0.05) is 31.7 Å². The molecule has 0 N–H and O–H groups in total. The van der Waals surface area contributed by atoms with Crippen LogP contribution in [0.4, 0.5) is 5.82 Å². The van der Waals surface area contributed by atoms with Crippen LogP contribution in [0.3, 0.4) is 0 Å². The molecular weight excluding hydrogens is 262 g/mol. The Kier molecular flexibility index (Phi) is 4.63. The van der Waals surface area contributed by atoms with E-state index in [1.807, 2.05) is 6.92 Å². The Hall–Kier alpha value is -0.870. The van der Waals surface area contributed by atoms with Gasteiger partial charge >= 0.3 is 0 Å². The van der Waals surface area contributed by atoms with E-state index in [-0.39, 0.29) is 12.0 Å².